The van der Waals surface area contributed by atoms with Gasteiger partial charge in [-0.15, -0.1) is 0 Å². The molecule has 80 valence electrons. The average Bonchev–Trinajstić information content (AvgIpc) is 2.17. The van der Waals surface area contributed by atoms with Gasteiger partial charge in [0.25, 0.3) is 0 Å². The van der Waals surface area contributed by atoms with Gasteiger partial charge >= 0.3 is 0 Å². The van der Waals surface area contributed by atoms with E-state index >= 15 is 0 Å². The number of rotatable bonds is 1. The quantitative estimate of drug-likeness (QED) is 0.515. The van der Waals surface area contributed by atoms with Crippen LogP contribution in [0.15, 0.2) is 30.3 Å². The van der Waals surface area contributed by atoms with Gasteiger partial charge < -0.3 is 24.0 Å². The highest BCUT2D eigenvalue weighted by molar-refractivity contribution is 6.31. The second-order valence-corrected chi connectivity index (χ2v) is 3.86. The number of aromatic nitrogens is 1. The summed E-state index contributed by atoms with van der Waals surface area (Å²) in [5, 5.41) is 2.03. The molecule has 1 heterocycles. The third-order valence-corrected chi connectivity index (χ3v) is 2.76. The van der Waals surface area contributed by atoms with E-state index in [0.717, 1.165) is 11.6 Å². The van der Waals surface area contributed by atoms with E-state index in [1.54, 1.807) is 0 Å². The zero-order valence-corrected chi connectivity index (χ0v) is 11.7. The van der Waals surface area contributed by atoms with Crippen molar-refractivity contribution < 1.29 is 28.5 Å². The lowest BCUT2D eigenvalue weighted by molar-refractivity contribution is -0.673. The maximum atomic E-state index is 5.99. The number of halogens is 2. The Hall–Kier alpha value is -0.350. The maximum absolute atomic E-state index is 5.99. The number of hydrogen-bond acceptors (Lipinski definition) is 0. The summed E-state index contributed by atoms with van der Waals surface area (Å²) in [6.45, 7) is 5.24. The summed E-state index contributed by atoms with van der Waals surface area (Å²) >= 11 is 5.99. The summed E-state index contributed by atoms with van der Waals surface area (Å²) in [5.74, 6) is 0. The lowest BCUT2D eigenvalue weighted by atomic mass is 10.2. The highest BCUT2D eigenvalue weighted by Crippen LogP contribution is 2.16. The molecular formula is C12H13ClIN. The molecule has 1 aromatic heterocycles. The minimum Gasteiger partial charge on any atom is -1.00 e. The molecule has 1 aromatic carbocycles. The third-order valence-electron chi connectivity index (χ3n) is 2.53. The van der Waals surface area contributed by atoms with Crippen molar-refractivity contribution in [1.29, 1.82) is 0 Å². The van der Waals surface area contributed by atoms with E-state index in [-0.39, 0.29) is 24.0 Å². The number of hydrogen-bond donors (Lipinski definition) is 0. The number of nitrogens with zero attached hydrogens (tertiary/aromatic N) is 1. The molecule has 0 radical (unpaired) electrons. The van der Waals surface area contributed by atoms with Crippen LogP contribution >= 0.6 is 11.6 Å². The van der Waals surface area contributed by atoms with Gasteiger partial charge in [-0.1, -0.05) is 11.6 Å². The average molecular weight is 334 g/mol. The zero-order valence-electron chi connectivity index (χ0n) is 8.80. The molecule has 0 saturated heterocycles. The van der Waals surface area contributed by atoms with Crippen LogP contribution in [0.25, 0.3) is 10.9 Å². The van der Waals surface area contributed by atoms with E-state index in [2.05, 4.69) is 36.6 Å². The van der Waals surface area contributed by atoms with E-state index in [0.29, 0.717) is 0 Å². The Bertz CT molecular complexity index is 477. The van der Waals surface area contributed by atoms with Crippen molar-refractivity contribution in [3.05, 3.63) is 41.0 Å². The summed E-state index contributed by atoms with van der Waals surface area (Å²) in [6.07, 6.45) is 0. The molecule has 0 spiro atoms. The van der Waals surface area contributed by atoms with Gasteiger partial charge in [0.1, 0.15) is 6.54 Å². The van der Waals surface area contributed by atoms with Crippen LogP contribution in [0.2, 0.25) is 5.02 Å². The zero-order chi connectivity index (χ0) is 10.1. The first-order valence-electron chi connectivity index (χ1n) is 4.81. The molecule has 0 unspecified atom stereocenters. The van der Waals surface area contributed by atoms with Crippen LogP contribution in [-0.4, -0.2) is 0 Å². The minimum absolute atomic E-state index is 0. The smallest absolute Gasteiger partial charge is 0.214 e. The van der Waals surface area contributed by atoms with E-state index in [1.165, 1.54) is 16.6 Å². The second kappa shape index (κ2) is 5.12. The van der Waals surface area contributed by atoms with Gasteiger partial charge in [0, 0.05) is 29.5 Å². The van der Waals surface area contributed by atoms with Crippen LogP contribution in [0.1, 0.15) is 12.6 Å². The summed E-state index contributed by atoms with van der Waals surface area (Å²) in [6, 6.07) is 10.3. The predicted molar refractivity (Wildman–Crippen MR) is 59.6 cm³/mol. The van der Waals surface area contributed by atoms with Crippen LogP contribution in [0.5, 0.6) is 0 Å². The summed E-state index contributed by atoms with van der Waals surface area (Å²) < 4.78 is 2.27. The summed E-state index contributed by atoms with van der Waals surface area (Å²) in [4.78, 5) is 0. The van der Waals surface area contributed by atoms with Crippen molar-refractivity contribution in [2.45, 2.75) is 20.4 Å². The van der Waals surface area contributed by atoms with Crippen LogP contribution in [-0.2, 0) is 6.54 Å². The monoisotopic (exact) mass is 333 g/mol. The van der Waals surface area contributed by atoms with Gasteiger partial charge in [-0.2, -0.15) is 4.57 Å². The van der Waals surface area contributed by atoms with Crippen LogP contribution in [0.4, 0.5) is 0 Å². The van der Waals surface area contributed by atoms with Crippen molar-refractivity contribution in [2.24, 2.45) is 0 Å². The Morgan fingerprint density at radius 3 is 2.53 bits per heavy atom. The predicted octanol–water partition coefficient (Wildman–Crippen LogP) is 0.113. The van der Waals surface area contributed by atoms with Crippen LogP contribution < -0.4 is 28.5 Å². The molecule has 2 aromatic rings. The molecule has 0 atom stereocenters. The normalized spacial score (nSPS) is 10.1. The first-order chi connectivity index (χ1) is 6.72. The van der Waals surface area contributed by atoms with Crippen molar-refractivity contribution in [1.82, 2.24) is 0 Å². The number of aryl methyl sites for hydroxylation is 2. The molecule has 0 fully saturated rings. The van der Waals surface area contributed by atoms with E-state index in [4.69, 9.17) is 11.6 Å². The van der Waals surface area contributed by atoms with Crippen molar-refractivity contribution >= 4 is 22.5 Å². The van der Waals surface area contributed by atoms with Gasteiger partial charge in [0.2, 0.25) is 5.52 Å². The fraction of sp³-hybridized carbons (Fsp3) is 0.250. The van der Waals surface area contributed by atoms with E-state index in [1.807, 2.05) is 12.1 Å². The van der Waals surface area contributed by atoms with E-state index in [9.17, 15) is 0 Å². The molecule has 15 heavy (non-hydrogen) atoms. The fourth-order valence-corrected chi connectivity index (χ4v) is 1.97. The molecule has 3 heteroatoms. The second-order valence-electron chi connectivity index (χ2n) is 3.42. The first kappa shape index (κ1) is 12.7. The largest absolute Gasteiger partial charge is 1.00 e. The van der Waals surface area contributed by atoms with Crippen molar-refractivity contribution in [3.8, 4) is 0 Å². The SMILES string of the molecule is CC[n+]1c(C)ccc2ccc(Cl)cc21.[I-]. The highest BCUT2D eigenvalue weighted by atomic mass is 127. The molecule has 0 saturated carbocycles. The standard InChI is InChI=1S/C12H13ClN.HI/c1-3-14-9(2)4-5-10-6-7-11(13)8-12(10)14;/h4-8H,3H2,1-2H3;1H/q+1;/p-1. The molecule has 0 amide bonds. The van der Waals surface area contributed by atoms with Gasteiger partial charge in [-0.05, 0) is 25.1 Å². The van der Waals surface area contributed by atoms with Gasteiger partial charge in [-0.3, -0.25) is 0 Å². The van der Waals surface area contributed by atoms with E-state index < -0.39 is 0 Å². The molecule has 0 bridgehead atoms. The van der Waals surface area contributed by atoms with Gasteiger partial charge in [0.05, 0.1) is 0 Å². The Kier molecular flexibility index (Phi) is 4.34. The Morgan fingerprint density at radius 1 is 1.20 bits per heavy atom. The number of pyridine rings is 1. The lowest BCUT2D eigenvalue weighted by Gasteiger charge is -2.02. The lowest BCUT2D eigenvalue weighted by Crippen LogP contribution is -3.00. The molecule has 1 nitrogen and oxygen atoms in total. The van der Waals surface area contributed by atoms with Crippen LogP contribution in [0, 0.1) is 6.92 Å². The first-order valence-corrected chi connectivity index (χ1v) is 5.19. The molecular weight excluding hydrogens is 320 g/mol. The highest BCUT2D eigenvalue weighted by Gasteiger charge is 2.10. The topological polar surface area (TPSA) is 3.88 Å². The number of fused-ring (bicyclic) bond motifs is 1. The van der Waals surface area contributed by atoms with Crippen molar-refractivity contribution in [2.75, 3.05) is 0 Å². The Labute approximate surface area is 112 Å². The fourth-order valence-electron chi connectivity index (χ4n) is 1.80. The Balaban J connectivity index is 0.00000112. The minimum atomic E-state index is 0. The van der Waals surface area contributed by atoms with Gasteiger partial charge in [-0.25, -0.2) is 0 Å². The Morgan fingerprint density at radius 2 is 1.87 bits per heavy atom. The van der Waals surface area contributed by atoms with Crippen molar-refractivity contribution in [3.63, 3.8) is 0 Å². The molecule has 0 aliphatic heterocycles. The molecule has 0 aliphatic rings. The van der Waals surface area contributed by atoms with Crippen LogP contribution in [0.3, 0.4) is 0 Å². The summed E-state index contributed by atoms with van der Waals surface area (Å²) in [5.41, 5.74) is 2.47. The summed E-state index contributed by atoms with van der Waals surface area (Å²) in [7, 11) is 0. The molecule has 0 aliphatic carbocycles. The number of benzene rings is 1. The maximum Gasteiger partial charge on any atom is 0.214 e. The molecule has 2 rings (SSSR count). The van der Waals surface area contributed by atoms with Gasteiger partial charge in [0.15, 0.2) is 5.69 Å². The third kappa shape index (κ3) is 2.42. The molecule has 0 N–H and O–H groups in total.